The standard InChI is InChI=1S/C12H17BrN2O2/c1-12(2,6-11(14)17)15-7-8-5-9(13)3-4-10(8)16/h3-5,15-16H,6-7H2,1-2H3,(H2,14,17). The molecule has 0 saturated carbocycles. The highest BCUT2D eigenvalue weighted by Gasteiger charge is 2.20. The van der Waals surface area contributed by atoms with Crippen LogP contribution in [0.15, 0.2) is 22.7 Å². The summed E-state index contributed by atoms with van der Waals surface area (Å²) >= 11 is 3.34. The molecule has 1 amide bonds. The Bertz CT molecular complexity index is 419. The van der Waals surface area contributed by atoms with Crippen molar-refractivity contribution in [3.05, 3.63) is 28.2 Å². The molecule has 0 aromatic heterocycles. The lowest BCUT2D eigenvalue weighted by Crippen LogP contribution is -2.42. The van der Waals surface area contributed by atoms with Crippen LogP contribution in [0, 0.1) is 0 Å². The zero-order chi connectivity index (χ0) is 13.1. The number of amides is 1. The number of benzene rings is 1. The molecule has 0 aliphatic heterocycles. The van der Waals surface area contributed by atoms with E-state index in [-0.39, 0.29) is 23.6 Å². The smallest absolute Gasteiger partial charge is 0.219 e. The van der Waals surface area contributed by atoms with Crippen molar-refractivity contribution >= 4 is 21.8 Å². The Morgan fingerprint density at radius 1 is 1.53 bits per heavy atom. The number of phenols is 1. The number of halogens is 1. The van der Waals surface area contributed by atoms with Crippen LogP contribution in [-0.4, -0.2) is 16.6 Å². The Balaban J connectivity index is 2.66. The molecule has 0 spiro atoms. The number of aromatic hydroxyl groups is 1. The number of hydrogen-bond donors (Lipinski definition) is 3. The minimum Gasteiger partial charge on any atom is -0.508 e. The monoisotopic (exact) mass is 300 g/mol. The summed E-state index contributed by atoms with van der Waals surface area (Å²) in [6.45, 7) is 4.27. The van der Waals surface area contributed by atoms with E-state index in [2.05, 4.69) is 21.2 Å². The van der Waals surface area contributed by atoms with Gasteiger partial charge in [0.25, 0.3) is 0 Å². The maximum Gasteiger partial charge on any atom is 0.219 e. The Kier molecular flexibility index (Phi) is 4.54. The van der Waals surface area contributed by atoms with Gasteiger partial charge in [0.2, 0.25) is 5.91 Å². The number of carbonyl (C=O) groups excluding carboxylic acids is 1. The molecular weight excluding hydrogens is 284 g/mol. The summed E-state index contributed by atoms with van der Waals surface area (Å²) in [7, 11) is 0. The molecule has 0 fully saturated rings. The molecule has 0 aliphatic carbocycles. The molecule has 1 rings (SSSR count). The van der Waals surface area contributed by atoms with Crippen LogP contribution in [-0.2, 0) is 11.3 Å². The third-order valence-corrected chi connectivity index (χ3v) is 2.91. The maximum atomic E-state index is 10.9. The van der Waals surface area contributed by atoms with Gasteiger partial charge < -0.3 is 16.2 Å². The van der Waals surface area contributed by atoms with E-state index in [1.165, 1.54) is 0 Å². The fourth-order valence-electron chi connectivity index (χ4n) is 1.53. The molecule has 1 aromatic rings. The van der Waals surface area contributed by atoms with Crippen LogP contribution in [0.4, 0.5) is 0 Å². The van der Waals surface area contributed by atoms with Crippen LogP contribution in [0.25, 0.3) is 0 Å². The summed E-state index contributed by atoms with van der Waals surface area (Å²) < 4.78 is 0.903. The SMILES string of the molecule is CC(C)(CC(N)=O)NCc1cc(Br)ccc1O. The number of phenolic OH excluding ortho intramolecular Hbond substituents is 1. The second-order valence-electron chi connectivity index (χ2n) is 4.65. The largest absolute Gasteiger partial charge is 0.508 e. The average Bonchev–Trinajstić information content (AvgIpc) is 2.17. The molecule has 17 heavy (non-hydrogen) atoms. The van der Waals surface area contributed by atoms with Crippen molar-refractivity contribution in [1.29, 1.82) is 0 Å². The first kappa shape index (κ1) is 14.0. The molecular formula is C12H17BrN2O2. The van der Waals surface area contributed by atoms with Gasteiger partial charge in [0.15, 0.2) is 0 Å². The molecule has 0 unspecified atom stereocenters. The minimum atomic E-state index is -0.388. The lowest BCUT2D eigenvalue weighted by molar-refractivity contribution is -0.119. The summed E-state index contributed by atoms with van der Waals surface area (Å²) in [6, 6.07) is 5.23. The van der Waals surface area contributed by atoms with Crippen LogP contribution in [0.2, 0.25) is 0 Å². The molecule has 0 atom stereocenters. The summed E-state index contributed by atoms with van der Waals surface area (Å²) in [5.74, 6) is -0.114. The molecule has 4 nitrogen and oxygen atoms in total. The van der Waals surface area contributed by atoms with E-state index in [4.69, 9.17) is 5.73 Å². The highest BCUT2D eigenvalue weighted by atomic mass is 79.9. The molecule has 0 radical (unpaired) electrons. The van der Waals surface area contributed by atoms with Gasteiger partial charge in [-0.3, -0.25) is 4.79 Å². The normalized spacial score (nSPS) is 11.5. The van der Waals surface area contributed by atoms with Crippen molar-refractivity contribution in [2.75, 3.05) is 0 Å². The van der Waals surface area contributed by atoms with Crippen molar-refractivity contribution < 1.29 is 9.90 Å². The van der Waals surface area contributed by atoms with E-state index >= 15 is 0 Å². The van der Waals surface area contributed by atoms with Crippen molar-refractivity contribution in [1.82, 2.24) is 5.32 Å². The van der Waals surface area contributed by atoms with Gasteiger partial charge in [0, 0.05) is 28.5 Å². The summed E-state index contributed by atoms with van der Waals surface area (Å²) in [6.07, 6.45) is 0.252. The van der Waals surface area contributed by atoms with Gasteiger partial charge >= 0.3 is 0 Å². The van der Waals surface area contributed by atoms with E-state index < -0.39 is 0 Å². The number of nitrogens with one attached hydrogen (secondary N) is 1. The fraction of sp³-hybridized carbons (Fsp3) is 0.417. The Morgan fingerprint density at radius 3 is 2.76 bits per heavy atom. The zero-order valence-electron chi connectivity index (χ0n) is 9.96. The second-order valence-corrected chi connectivity index (χ2v) is 5.57. The Hall–Kier alpha value is -1.07. The summed E-state index contributed by atoms with van der Waals surface area (Å²) in [5, 5.41) is 12.9. The van der Waals surface area contributed by atoms with Crippen LogP contribution < -0.4 is 11.1 Å². The molecule has 0 aliphatic rings. The zero-order valence-corrected chi connectivity index (χ0v) is 11.5. The molecule has 4 N–H and O–H groups in total. The lowest BCUT2D eigenvalue weighted by Gasteiger charge is -2.25. The quantitative estimate of drug-likeness (QED) is 0.777. The van der Waals surface area contributed by atoms with Crippen LogP contribution in [0.1, 0.15) is 25.8 Å². The van der Waals surface area contributed by atoms with E-state index in [0.29, 0.717) is 6.54 Å². The number of nitrogens with two attached hydrogens (primary N) is 1. The van der Waals surface area contributed by atoms with Gasteiger partial charge in [-0.15, -0.1) is 0 Å². The first-order chi connectivity index (χ1) is 7.80. The fourth-order valence-corrected chi connectivity index (χ4v) is 1.94. The van der Waals surface area contributed by atoms with Gasteiger partial charge in [-0.25, -0.2) is 0 Å². The van der Waals surface area contributed by atoms with E-state index in [9.17, 15) is 9.90 Å². The van der Waals surface area contributed by atoms with Gasteiger partial charge in [0.1, 0.15) is 5.75 Å². The highest BCUT2D eigenvalue weighted by Crippen LogP contribution is 2.22. The van der Waals surface area contributed by atoms with Crippen LogP contribution >= 0.6 is 15.9 Å². The van der Waals surface area contributed by atoms with Gasteiger partial charge in [0.05, 0.1) is 0 Å². The average molecular weight is 301 g/mol. The number of rotatable bonds is 5. The third-order valence-electron chi connectivity index (χ3n) is 2.42. The minimum absolute atomic E-state index is 0.232. The number of primary amides is 1. The number of hydrogen-bond acceptors (Lipinski definition) is 3. The Morgan fingerprint density at radius 2 is 2.18 bits per heavy atom. The van der Waals surface area contributed by atoms with Gasteiger partial charge in [-0.2, -0.15) is 0 Å². The van der Waals surface area contributed by atoms with E-state index in [1.807, 2.05) is 19.9 Å². The van der Waals surface area contributed by atoms with Crippen LogP contribution in [0.3, 0.4) is 0 Å². The second kappa shape index (κ2) is 5.51. The molecule has 94 valence electrons. The first-order valence-corrected chi connectivity index (χ1v) is 6.10. The molecule has 5 heteroatoms. The molecule has 0 heterocycles. The lowest BCUT2D eigenvalue weighted by atomic mass is 10.00. The Labute approximate surface area is 109 Å². The van der Waals surface area contributed by atoms with Crippen molar-refractivity contribution in [3.8, 4) is 5.75 Å². The predicted molar refractivity (Wildman–Crippen MR) is 70.5 cm³/mol. The number of carbonyl (C=O) groups is 1. The predicted octanol–water partition coefficient (Wildman–Crippen LogP) is 1.90. The van der Waals surface area contributed by atoms with Gasteiger partial charge in [-0.05, 0) is 32.0 Å². The summed E-state index contributed by atoms with van der Waals surface area (Å²) in [5.41, 5.74) is 5.55. The molecule has 0 bridgehead atoms. The molecule has 1 aromatic carbocycles. The topological polar surface area (TPSA) is 75.4 Å². The van der Waals surface area contributed by atoms with E-state index in [0.717, 1.165) is 10.0 Å². The third kappa shape index (κ3) is 4.75. The molecule has 0 saturated heterocycles. The first-order valence-electron chi connectivity index (χ1n) is 5.31. The van der Waals surface area contributed by atoms with Crippen LogP contribution in [0.5, 0.6) is 5.75 Å². The maximum absolute atomic E-state index is 10.9. The van der Waals surface area contributed by atoms with E-state index in [1.54, 1.807) is 12.1 Å². The highest BCUT2D eigenvalue weighted by molar-refractivity contribution is 9.10. The van der Waals surface area contributed by atoms with Crippen molar-refractivity contribution in [2.45, 2.75) is 32.4 Å². The van der Waals surface area contributed by atoms with Gasteiger partial charge in [-0.1, -0.05) is 15.9 Å². The summed E-state index contributed by atoms with van der Waals surface area (Å²) in [4.78, 5) is 10.9. The van der Waals surface area contributed by atoms with Crippen molar-refractivity contribution in [2.24, 2.45) is 5.73 Å². The van der Waals surface area contributed by atoms with Crippen molar-refractivity contribution in [3.63, 3.8) is 0 Å².